The predicted molar refractivity (Wildman–Crippen MR) is 90.8 cm³/mol. The van der Waals surface area contributed by atoms with E-state index in [1.54, 1.807) is 20.8 Å². The highest BCUT2D eigenvalue weighted by Crippen LogP contribution is 2.27. The van der Waals surface area contributed by atoms with Crippen LogP contribution in [0.4, 0.5) is 0 Å². The van der Waals surface area contributed by atoms with E-state index in [4.69, 9.17) is 4.74 Å². The lowest BCUT2D eigenvalue weighted by Gasteiger charge is -2.31. The zero-order valence-corrected chi connectivity index (χ0v) is 14.9. The minimum absolute atomic E-state index is 0.230. The number of carbonyl (C=O) groups is 2. The maximum Gasteiger partial charge on any atom is 0.355 e. The average Bonchev–Trinajstić information content (AvgIpc) is 2.88. The summed E-state index contributed by atoms with van der Waals surface area (Å²) in [7, 11) is 0. The number of nitriles is 1. The molecule has 0 bridgehead atoms. The van der Waals surface area contributed by atoms with Crippen LogP contribution in [-0.2, 0) is 9.53 Å². The number of hydrogen-bond donors (Lipinski definition) is 3. The Morgan fingerprint density at radius 2 is 2.00 bits per heavy atom. The fraction of sp³-hybridized carbons (Fsp3) is 0.611. The molecule has 1 fully saturated rings. The van der Waals surface area contributed by atoms with Crippen LogP contribution in [0, 0.1) is 25.2 Å². The second kappa shape index (κ2) is 7.70. The summed E-state index contributed by atoms with van der Waals surface area (Å²) < 4.78 is 5.08. The molecule has 7 nitrogen and oxygen atoms in total. The first-order chi connectivity index (χ1) is 11.8. The third-order valence-corrected chi connectivity index (χ3v) is 4.75. The molecule has 1 aliphatic rings. The maximum atomic E-state index is 12.2. The van der Waals surface area contributed by atoms with Gasteiger partial charge >= 0.3 is 5.97 Å². The lowest BCUT2D eigenvalue weighted by Crippen LogP contribution is -2.50. The molecule has 1 saturated carbocycles. The van der Waals surface area contributed by atoms with E-state index in [0.717, 1.165) is 19.3 Å². The molecule has 0 unspecified atom stereocenters. The van der Waals surface area contributed by atoms with E-state index in [0.29, 0.717) is 29.7 Å². The first-order valence-electron chi connectivity index (χ1n) is 8.56. The van der Waals surface area contributed by atoms with Gasteiger partial charge in [-0.05, 0) is 39.2 Å². The van der Waals surface area contributed by atoms with Crippen molar-refractivity contribution in [3.63, 3.8) is 0 Å². The third-order valence-electron chi connectivity index (χ3n) is 4.75. The maximum absolute atomic E-state index is 12.2. The quantitative estimate of drug-likeness (QED) is 0.706. The molecule has 3 N–H and O–H groups in total. The monoisotopic (exact) mass is 347 g/mol. The van der Waals surface area contributed by atoms with Gasteiger partial charge in [0.2, 0.25) is 0 Å². The number of amides is 1. The van der Waals surface area contributed by atoms with Crippen LogP contribution in [0.3, 0.4) is 0 Å². The summed E-state index contributed by atoms with van der Waals surface area (Å²) in [5.41, 5.74) is 1.34. The van der Waals surface area contributed by atoms with E-state index in [2.05, 4.69) is 16.4 Å². The molecular weight excluding hydrogens is 322 g/mol. The van der Waals surface area contributed by atoms with E-state index in [-0.39, 0.29) is 5.69 Å². The van der Waals surface area contributed by atoms with E-state index in [1.165, 1.54) is 0 Å². The summed E-state index contributed by atoms with van der Waals surface area (Å²) in [4.78, 5) is 27.2. The van der Waals surface area contributed by atoms with Gasteiger partial charge in [-0.15, -0.1) is 0 Å². The van der Waals surface area contributed by atoms with E-state index < -0.39 is 30.1 Å². The van der Waals surface area contributed by atoms with Crippen LogP contribution in [0.2, 0.25) is 0 Å². The van der Waals surface area contributed by atoms with Crippen LogP contribution in [0.15, 0.2) is 0 Å². The Balaban J connectivity index is 1.97. The highest BCUT2D eigenvalue weighted by atomic mass is 16.5. The van der Waals surface area contributed by atoms with E-state index in [9.17, 15) is 20.0 Å². The van der Waals surface area contributed by atoms with Crippen LogP contribution >= 0.6 is 0 Å². The first kappa shape index (κ1) is 19.0. The Morgan fingerprint density at radius 1 is 1.36 bits per heavy atom. The summed E-state index contributed by atoms with van der Waals surface area (Å²) in [6.07, 6.45) is 3.40. The van der Waals surface area contributed by atoms with Crippen molar-refractivity contribution in [1.29, 1.82) is 5.26 Å². The Morgan fingerprint density at radius 3 is 2.52 bits per heavy atom. The van der Waals surface area contributed by atoms with Crippen molar-refractivity contribution in [1.82, 2.24) is 10.3 Å². The summed E-state index contributed by atoms with van der Waals surface area (Å²) in [5.74, 6) is -1.13. The number of H-pyrrole nitrogens is 1. The van der Waals surface area contributed by atoms with Crippen molar-refractivity contribution in [2.24, 2.45) is 0 Å². The van der Waals surface area contributed by atoms with Gasteiger partial charge in [-0.1, -0.05) is 19.3 Å². The molecule has 0 radical (unpaired) electrons. The molecule has 0 aromatic carbocycles. The second-order valence-corrected chi connectivity index (χ2v) is 6.72. The first-order valence-corrected chi connectivity index (χ1v) is 8.56. The van der Waals surface area contributed by atoms with Crippen molar-refractivity contribution in [3.05, 3.63) is 22.5 Å². The van der Waals surface area contributed by atoms with Crippen molar-refractivity contribution in [3.8, 4) is 6.07 Å². The van der Waals surface area contributed by atoms with Gasteiger partial charge < -0.3 is 20.1 Å². The molecule has 1 aromatic rings. The number of aryl methyl sites for hydroxylation is 1. The van der Waals surface area contributed by atoms with Crippen molar-refractivity contribution in [2.75, 3.05) is 6.61 Å². The topological polar surface area (TPSA) is 115 Å². The van der Waals surface area contributed by atoms with Gasteiger partial charge in [-0.2, -0.15) is 5.26 Å². The Hall–Kier alpha value is -2.33. The van der Waals surface area contributed by atoms with Gasteiger partial charge in [-0.3, -0.25) is 4.79 Å². The second-order valence-electron chi connectivity index (χ2n) is 6.72. The van der Waals surface area contributed by atoms with Gasteiger partial charge in [-0.25, -0.2) is 4.79 Å². The molecule has 1 amide bonds. The molecule has 136 valence electrons. The largest absolute Gasteiger partial charge is 0.451 e. The Labute approximate surface area is 147 Å². The number of nitrogens with one attached hydrogen (secondary N) is 2. The Bertz CT molecular complexity index is 694. The van der Waals surface area contributed by atoms with Crippen LogP contribution in [0.1, 0.15) is 72.4 Å². The van der Waals surface area contributed by atoms with Crippen molar-refractivity contribution in [2.45, 2.75) is 64.5 Å². The van der Waals surface area contributed by atoms with Crippen molar-refractivity contribution < 1.29 is 19.4 Å². The molecule has 25 heavy (non-hydrogen) atoms. The number of ether oxygens (including phenoxy) is 1. The summed E-state index contributed by atoms with van der Waals surface area (Å²) in [6.45, 7) is 4.66. The minimum atomic E-state index is -0.847. The lowest BCUT2D eigenvalue weighted by atomic mass is 9.83. The fourth-order valence-corrected chi connectivity index (χ4v) is 3.52. The molecule has 2 rings (SSSR count). The zero-order valence-electron chi connectivity index (χ0n) is 14.9. The highest BCUT2D eigenvalue weighted by Gasteiger charge is 2.33. The van der Waals surface area contributed by atoms with Gasteiger partial charge in [0.25, 0.3) is 5.91 Å². The number of aromatic nitrogens is 1. The number of esters is 1. The normalized spacial score (nSPS) is 17.4. The minimum Gasteiger partial charge on any atom is -0.451 e. The van der Waals surface area contributed by atoms with E-state index >= 15 is 0 Å². The molecular formula is C18H25N3O4. The smallest absolute Gasteiger partial charge is 0.355 e. The number of aromatic amines is 1. The standard InChI is InChI=1S/C18H25N3O4/c1-11-15(13(3)22)12(2)20-16(11)17(24)25-9-14(23)21-18(10-19)7-5-4-6-8-18/h13,20,22H,4-9H2,1-3H3,(H,21,23)/t13-/m1/s1. The fourth-order valence-electron chi connectivity index (χ4n) is 3.52. The number of nitrogens with zero attached hydrogens (tertiary/aromatic N) is 1. The average molecular weight is 347 g/mol. The lowest BCUT2D eigenvalue weighted by molar-refractivity contribution is -0.125. The van der Waals surface area contributed by atoms with Gasteiger partial charge in [0.15, 0.2) is 6.61 Å². The molecule has 1 atom stereocenters. The van der Waals surface area contributed by atoms with Gasteiger partial charge in [0, 0.05) is 11.3 Å². The molecule has 1 heterocycles. The third kappa shape index (κ3) is 4.20. The molecule has 0 saturated heterocycles. The van der Waals surface area contributed by atoms with Crippen LogP contribution in [-0.4, -0.2) is 34.1 Å². The van der Waals surface area contributed by atoms with Crippen LogP contribution in [0.25, 0.3) is 0 Å². The number of aliphatic hydroxyl groups excluding tert-OH is 1. The summed E-state index contributed by atoms with van der Waals surface area (Å²) in [5, 5.41) is 21.8. The van der Waals surface area contributed by atoms with E-state index in [1.807, 2.05) is 0 Å². The summed E-state index contributed by atoms with van der Waals surface area (Å²) in [6, 6.07) is 2.19. The molecule has 1 aliphatic carbocycles. The molecule has 0 aliphatic heterocycles. The SMILES string of the molecule is Cc1[nH]c(C(=O)OCC(=O)NC2(C#N)CCCCC2)c(C)c1[C@@H](C)O. The highest BCUT2D eigenvalue weighted by molar-refractivity contribution is 5.91. The van der Waals surface area contributed by atoms with Gasteiger partial charge in [0.05, 0.1) is 12.2 Å². The summed E-state index contributed by atoms with van der Waals surface area (Å²) >= 11 is 0. The van der Waals surface area contributed by atoms with Gasteiger partial charge in [0.1, 0.15) is 11.2 Å². The molecule has 1 aromatic heterocycles. The predicted octanol–water partition coefficient (Wildman–Crippen LogP) is 2.18. The van der Waals surface area contributed by atoms with Crippen molar-refractivity contribution >= 4 is 11.9 Å². The van der Waals surface area contributed by atoms with Crippen LogP contribution in [0.5, 0.6) is 0 Å². The number of hydrogen-bond acceptors (Lipinski definition) is 5. The number of rotatable bonds is 5. The Kier molecular flexibility index (Phi) is 5.85. The number of aliphatic hydroxyl groups is 1. The molecule has 0 spiro atoms. The zero-order chi connectivity index (χ0) is 18.6. The van der Waals surface area contributed by atoms with Crippen LogP contribution < -0.4 is 5.32 Å². The number of carbonyl (C=O) groups excluding carboxylic acids is 2. The molecule has 7 heteroatoms.